The van der Waals surface area contributed by atoms with Crippen LogP contribution in [-0.2, 0) is 13.0 Å². The number of nitrogens with zero attached hydrogens (tertiary/aromatic N) is 2. The molecule has 5 nitrogen and oxygen atoms in total. The van der Waals surface area contributed by atoms with Crippen molar-refractivity contribution in [2.24, 2.45) is 0 Å². The van der Waals surface area contributed by atoms with E-state index >= 15 is 0 Å². The summed E-state index contributed by atoms with van der Waals surface area (Å²) < 4.78 is 11.7. The first-order chi connectivity index (χ1) is 14.2. The van der Waals surface area contributed by atoms with Gasteiger partial charge in [-0.3, -0.25) is 9.78 Å². The smallest absolute Gasteiger partial charge is 0.254 e. The number of carbonyl (C=O) groups excluding carboxylic acids is 1. The summed E-state index contributed by atoms with van der Waals surface area (Å²) in [7, 11) is 0. The first-order valence-electron chi connectivity index (χ1n) is 9.83. The number of carbonyl (C=O) groups is 1. The molecular formula is C23H24N2O3S. The van der Waals surface area contributed by atoms with Crippen LogP contribution < -0.4 is 9.47 Å². The number of fused-ring (bicyclic) bond motifs is 1. The van der Waals surface area contributed by atoms with E-state index in [1.165, 1.54) is 10.4 Å². The maximum Gasteiger partial charge on any atom is 0.254 e. The van der Waals surface area contributed by atoms with Gasteiger partial charge in [-0.25, -0.2) is 0 Å². The third-order valence-electron chi connectivity index (χ3n) is 5.15. The van der Waals surface area contributed by atoms with Crippen LogP contribution >= 0.6 is 11.3 Å². The van der Waals surface area contributed by atoms with Crippen molar-refractivity contribution in [1.29, 1.82) is 0 Å². The SMILES string of the molecule is CCOc1cc(C(=O)N2CCc3sccc3C2C)ccc1OCc1cccnc1. The molecule has 1 atom stereocenters. The fourth-order valence-electron chi connectivity index (χ4n) is 3.63. The van der Waals surface area contributed by atoms with E-state index in [9.17, 15) is 4.79 Å². The molecule has 1 unspecified atom stereocenters. The van der Waals surface area contributed by atoms with Crippen molar-refractivity contribution in [1.82, 2.24) is 9.88 Å². The molecule has 2 aromatic heterocycles. The van der Waals surface area contributed by atoms with Crippen molar-refractivity contribution in [2.45, 2.75) is 32.9 Å². The summed E-state index contributed by atoms with van der Waals surface area (Å²) in [5.41, 5.74) is 2.85. The van der Waals surface area contributed by atoms with E-state index in [4.69, 9.17) is 9.47 Å². The predicted molar refractivity (Wildman–Crippen MR) is 114 cm³/mol. The summed E-state index contributed by atoms with van der Waals surface area (Å²) in [5.74, 6) is 1.23. The highest BCUT2D eigenvalue weighted by Gasteiger charge is 2.29. The maximum atomic E-state index is 13.2. The van der Waals surface area contributed by atoms with Crippen LogP contribution in [-0.4, -0.2) is 28.9 Å². The maximum absolute atomic E-state index is 13.2. The quantitative estimate of drug-likeness (QED) is 0.583. The lowest BCUT2D eigenvalue weighted by molar-refractivity contribution is 0.0679. The molecule has 0 saturated heterocycles. The predicted octanol–water partition coefficient (Wildman–Crippen LogP) is 4.88. The lowest BCUT2D eigenvalue weighted by Gasteiger charge is -2.33. The molecule has 29 heavy (non-hydrogen) atoms. The Balaban J connectivity index is 1.53. The van der Waals surface area contributed by atoms with Gasteiger partial charge in [-0.1, -0.05) is 6.07 Å². The zero-order valence-electron chi connectivity index (χ0n) is 16.6. The molecule has 4 rings (SSSR count). The zero-order valence-corrected chi connectivity index (χ0v) is 17.4. The van der Waals surface area contributed by atoms with Crippen molar-refractivity contribution < 1.29 is 14.3 Å². The molecule has 0 radical (unpaired) electrons. The summed E-state index contributed by atoms with van der Waals surface area (Å²) in [6.07, 6.45) is 4.42. The number of rotatable bonds is 6. The molecule has 1 aliphatic heterocycles. The van der Waals surface area contributed by atoms with Crippen LogP contribution in [0.25, 0.3) is 0 Å². The van der Waals surface area contributed by atoms with E-state index in [-0.39, 0.29) is 11.9 Å². The van der Waals surface area contributed by atoms with Crippen molar-refractivity contribution >= 4 is 17.2 Å². The summed E-state index contributed by atoms with van der Waals surface area (Å²) in [5, 5.41) is 2.11. The van der Waals surface area contributed by atoms with Crippen molar-refractivity contribution in [3.05, 3.63) is 75.7 Å². The summed E-state index contributed by atoms with van der Waals surface area (Å²) in [6.45, 7) is 5.64. The van der Waals surface area contributed by atoms with E-state index in [2.05, 4.69) is 23.4 Å². The molecule has 1 aliphatic rings. The van der Waals surface area contributed by atoms with Gasteiger partial charge in [0, 0.05) is 34.9 Å². The molecule has 150 valence electrons. The molecule has 3 heterocycles. The van der Waals surface area contributed by atoms with Gasteiger partial charge in [0.1, 0.15) is 6.61 Å². The summed E-state index contributed by atoms with van der Waals surface area (Å²) in [4.78, 5) is 20.6. The van der Waals surface area contributed by atoms with Crippen molar-refractivity contribution in [3.63, 3.8) is 0 Å². The van der Waals surface area contributed by atoms with Gasteiger partial charge in [-0.15, -0.1) is 11.3 Å². The Morgan fingerprint density at radius 2 is 2.14 bits per heavy atom. The van der Waals surface area contributed by atoms with Crippen molar-refractivity contribution in [3.8, 4) is 11.5 Å². The average molecular weight is 409 g/mol. The molecule has 0 spiro atoms. The van der Waals surface area contributed by atoms with Crippen LogP contribution in [0.4, 0.5) is 0 Å². The Bertz CT molecular complexity index is 987. The van der Waals surface area contributed by atoms with Crippen LogP contribution in [0.1, 0.15) is 46.3 Å². The lowest BCUT2D eigenvalue weighted by Crippen LogP contribution is -2.38. The minimum atomic E-state index is 0.0223. The molecule has 0 N–H and O–H groups in total. The molecule has 3 aromatic rings. The number of aromatic nitrogens is 1. The standard InChI is InChI=1S/C23H24N2O3S/c1-3-27-21-13-18(6-7-20(21)28-15-17-5-4-10-24-14-17)23(26)25-11-8-22-19(16(25)2)9-12-29-22/h4-7,9-10,12-14,16H,3,8,11,15H2,1-2H3. The monoisotopic (exact) mass is 408 g/mol. The zero-order chi connectivity index (χ0) is 20.2. The fraction of sp³-hybridized carbons (Fsp3) is 0.304. The van der Waals surface area contributed by atoms with Crippen LogP contribution in [0, 0.1) is 0 Å². The molecule has 0 bridgehead atoms. The average Bonchev–Trinajstić information content (AvgIpc) is 3.23. The highest BCUT2D eigenvalue weighted by atomic mass is 32.1. The van der Waals surface area contributed by atoms with Crippen LogP contribution in [0.5, 0.6) is 11.5 Å². The second-order valence-corrected chi connectivity index (χ2v) is 7.97. The van der Waals surface area contributed by atoms with Crippen LogP contribution in [0.3, 0.4) is 0 Å². The van der Waals surface area contributed by atoms with Gasteiger partial charge in [-0.2, -0.15) is 0 Å². The lowest BCUT2D eigenvalue weighted by atomic mass is 10.00. The Morgan fingerprint density at radius 1 is 1.24 bits per heavy atom. The highest BCUT2D eigenvalue weighted by Crippen LogP contribution is 2.35. The largest absolute Gasteiger partial charge is 0.490 e. The Kier molecular flexibility index (Phi) is 5.81. The van der Waals surface area contributed by atoms with Gasteiger partial charge in [0.05, 0.1) is 12.6 Å². The number of amides is 1. The first kappa shape index (κ1) is 19.5. The summed E-state index contributed by atoms with van der Waals surface area (Å²) >= 11 is 1.77. The first-order valence-corrected chi connectivity index (χ1v) is 10.7. The van der Waals surface area contributed by atoms with Crippen LogP contribution in [0.2, 0.25) is 0 Å². The molecule has 1 amide bonds. The Morgan fingerprint density at radius 3 is 2.93 bits per heavy atom. The topological polar surface area (TPSA) is 51.7 Å². The number of ether oxygens (including phenoxy) is 2. The second kappa shape index (κ2) is 8.66. The Labute approximate surface area is 174 Å². The number of benzene rings is 1. The minimum Gasteiger partial charge on any atom is -0.490 e. The van der Waals surface area contributed by atoms with Gasteiger partial charge in [0.15, 0.2) is 11.5 Å². The van der Waals surface area contributed by atoms with Gasteiger partial charge in [0.25, 0.3) is 5.91 Å². The third-order valence-corrected chi connectivity index (χ3v) is 6.14. The normalized spacial score (nSPS) is 15.7. The molecule has 0 fully saturated rings. The molecule has 0 saturated carbocycles. The number of thiophene rings is 1. The van der Waals surface area contributed by atoms with Gasteiger partial charge in [0.2, 0.25) is 0 Å². The van der Waals surface area contributed by atoms with Crippen LogP contribution in [0.15, 0.2) is 54.2 Å². The van der Waals surface area contributed by atoms with Crippen molar-refractivity contribution in [2.75, 3.05) is 13.2 Å². The molecular weight excluding hydrogens is 384 g/mol. The summed E-state index contributed by atoms with van der Waals surface area (Å²) in [6, 6.07) is 11.5. The number of hydrogen-bond donors (Lipinski definition) is 0. The molecule has 0 aliphatic carbocycles. The van der Waals surface area contributed by atoms with E-state index < -0.39 is 0 Å². The Hall–Kier alpha value is -2.86. The molecule has 1 aromatic carbocycles. The van der Waals surface area contributed by atoms with E-state index in [1.807, 2.05) is 36.1 Å². The van der Waals surface area contributed by atoms with E-state index in [1.54, 1.807) is 29.8 Å². The van der Waals surface area contributed by atoms with Gasteiger partial charge < -0.3 is 14.4 Å². The van der Waals surface area contributed by atoms with E-state index in [0.29, 0.717) is 30.3 Å². The van der Waals surface area contributed by atoms with Gasteiger partial charge >= 0.3 is 0 Å². The second-order valence-electron chi connectivity index (χ2n) is 6.97. The van der Waals surface area contributed by atoms with E-state index in [0.717, 1.165) is 18.5 Å². The number of hydrogen-bond acceptors (Lipinski definition) is 5. The highest BCUT2D eigenvalue weighted by molar-refractivity contribution is 7.10. The molecule has 6 heteroatoms. The minimum absolute atomic E-state index is 0.0223. The number of pyridine rings is 1. The fourth-order valence-corrected chi connectivity index (χ4v) is 4.59. The third kappa shape index (κ3) is 4.12. The van der Waals surface area contributed by atoms with Gasteiger partial charge in [-0.05, 0) is 61.5 Å².